The van der Waals surface area contributed by atoms with Crippen LogP contribution in [-0.4, -0.2) is 5.78 Å². The number of hydrogen-bond acceptors (Lipinski definition) is 1. The normalized spacial score (nSPS) is 10.5. The lowest BCUT2D eigenvalue weighted by Crippen LogP contribution is -2.09. The van der Waals surface area contributed by atoms with Crippen molar-refractivity contribution in [1.82, 2.24) is 0 Å². The van der Waals surface area contributed by atoms with Gasteiger partial charge in [0.1, 0.15) is 5.82 Å². The summed E-state index contributed by atoms with van der Waals surface area (Å²) in [5.41, 5.74) is 0.190. The fourth-order valence-electron chi connectivity index (χ4n) is 1.00. The lowest BCUT2D eigenvalue weighted by Gasteiger charge is -2.05. The van der Waals surface area contributed by atoms with Gasteiger partial charge in [0.2, 0.25) is 0 Å². The molecule has 0 aliphatic carbocycles. The summed E-state index contributed by atoms with van der Waals surface area (Å²) in [7, 11) is 0. The Kier molecular flexibility index (Phi) is 3.41. The van der Waals surface area contributed by atoms with Crippen molar-refractivity contribution in [2.24, 2.45) is 5.92 Å². The summed E-state index contributed by atoms with van der Waals surface area (Å²) in [4.78, 5) is 11.4. The zero-order chi connectivity index (χ0) is 10.0. The Morgan fingerprint density at radius 3 is 2.54 bits per heavy atom. The molecule has 70 valence electrons. The molecule has 0 saturated carbocycles. The first-order valence-electron chi connectivity index (χ1n) is 4.01. The second-order valence-corrected chi connectivity index (χ2v) is 4.39. The van der Waals surface area contributed by atoms with Crippen LogP contribution >= 0.6 is 22.6 Å². The topological polar surface area (TPSA) is 17.1 Å². The van der Waals surface area contributed by atoms with Gasteiger partial charge in [0.15, 0.2) is 5.78 Å². The Morgan fingerprint density at radius 2 is 2.08 bits per heavy atom. The standard InChI is InChI=1S/C10H10FIO/c1-6(2)10(13)8-4-3-7(12)5-9(8)11/h3-6H,1-2H3. The van der Waals surface area contributed by atoms with Crippen molar-refractivity contribution < 1.29 is 9.18 Å². The van der Waals surface area contributed by atoms with E-state index in [0.717, 1.165) is 3.57 Å². The molecule has 0 aliphatic rings. The molecular weight excluding hydrogens is 282 g/mol. The van der Waals surface area contributed by atoms with Gasteiger partial charge in [-0.1, -0.05) is 13.8 Å². The maximum absolute atomic E-state index is 13.2. The van der Waals surface area contributed by atoms with Gasteiger partial charge in [-0.15, -0.1) is 0 Å². The van der Waals surface area contributed by atoms with Crippen molar-refractivity contribution in [3.63, 3.8) is 0 Å². The molecule has 13 heavy (non-hydrogen) atoms. The van der Waals surface area contributed by atoms with Crippen LogP contribution in [0.1, 0.15) is 24.2 Å². The second kappa shape index (κ2) is 4.17. The average Bonchev–Trinajstić information content (AvgIpc) is 2.03. The monoisotopic (exact) mass is 292 g/mol. The Balaban J connectivity index is 3.09. The minimum absolute atomic E-state index is 0.145. The first-order chi connectivity index (χ1) is 6.02. The highest BCUT2D eigenvalue weighted by atomic mass is 127. The molecule has 0 atom stereocenters. The number of carbonyl (C=O) groups is 1. The molecule has 0 radical (unpaired) electrons. The number of halogens is 2. The summed E-state index contributed by atoms with van der Waals surface area (Å²) in [5.74, 6) is -0.728. The fraction of sp³-hybridized carbons (Fsp3) is 0.300. The third-order valence-corrected chi connectivity index (χ3v) is 2.39. The lowest BCUT2D eigenvalue weighted by molar-refractivity contribution is 0.0935. The summed E-state index contributed by atoms with van der Waals surface area (Å²) in [6.45, 7) is 3.53. The Hall–Kier alpha value is -0.450. The van der Waals surface area contributed by atoms with Crippen LogP contribution in [0.3, 0.4) is 0 Å². The minimum atomic E-state index is -0.425. The molecule has 0 fully saturated rings. The van der Waals surface area contributed by atoms with E-state index in [1.807, 2.05) is 22.6 Å². The number of Topliss-reactive ketones (excluding diaryl/α,β-unsaturated/α-hetero) is 1. The third kappa shape index (κ3) is 2.49. The quantitative estimate of drug-likeness (QED) is 0.604. The van der Waals surface area contributed by atoms with Gasteiger partial charge in [-0.3, -0.25) is 4.79 Å². The molecule has 0 saturated heterocycles. The van der Waals surface area contributed by atoms with Crippen molar-refractivity contribution in [3.8, 4) is 0 Å². The van der Waals surface area contributed by atoms with Crippen molar-refractivity contribution in [2.45, 2.75) is 13.8 Å². The van der Waals surface area contributed by atoms with Gasteiger partial charge in [0, 0.05) is 9.49 Å². The molecule has 0 N–H and O–H groups in total. The molecule has 0 spiro atoms. The van der Waals surface area contributed by atoms with Crippen molar-refractivity contribution in [2.75, 3.05) is 0 Å². The number of hydrogen-bond donors (Lipinski definition) is 0. The Bertz CT molecular complexity index is 334. The van der Waals surface area contributed by atoms with E-state index >= 15 is 0 Å². The van der Waals surface area contributed by atoms with Crippen LogP contribution in [0.2, 0.25) is 0 Å². The molecule has 0 aromatic heterocycles. The second-order valence-electron chi connectivity index (χ2n) is 3.14. The molecule has 1 rings (SSSR count). The molecule has 1 aromatic rings. The number of benzene rings is 1. The fourth-order valence-corrected chi connectivity index (χ4v) is 1.45. The van der Waals surface area contributed by atoms with E-state index < -0.39 is 5.82 Å². The van der Waals surface area contributed by atoms with Crippen molar-refractivity contribution >= 4 is 28.4 Å². The molecule has 0 amide bonds. The first-order valence-corrected chi connectivity index (χ1v) is 5.09. The SMILES string of the molecule is CC(C)C(=O)c1ccc(I)cc1F. The molecular formula is C10H10FIO. The predicted molar refractivity (Wildman–Crippen MR) is 58.3 cm³/mol. The van der Waals surface area contributed by atoms with Gasteiger partial charge in [0.05, 0.1) is 5.56 Å². The van der Waals surface area contributed by atoms with Gasteiger partial charge in [-0.25, -0.2) is 4.39 Å². The number of rotatable bonds is 2. The first kappa shape index (κ1) is 10.6. The number of carbonyl (C=O) groups excluding carboxylic acids is 1. The molecule has 0 bridgehead atoms. The van der Waals surface area contributed by atoms with E-state index in [9.17, 15) is 9.18 Å². The zero-order valence-corrected chi connectivity index (χ0v) is 9.63. The third-order valence-electron chi connectivity index (χ3n) is 1.72. The molecule has 0 heterocycles. The van der Waals surface area contributed by atoms with Gasteiger partial charge in [-0.2, -0.15) is 0 Å². The summed E-state index contributed by atoms with van der Waals surface area (Å²) < 4.78 is 14.0. The van der Waals surface area contributed by atoms with Gasteiger partial charge < -0.3 is 0 Å². The van der Waals surface area contributed by atoms with E-state index in [1.54, 1.807) is 26.0 Å². The smallest absolute Gasteiger partial charge is 0.168 e. The van der Waals surface area contributed by atoms with E-state index in [4.69, 9.17) is 0 Å². The van der Waals surface area contributed by atoms with Gasteiger partial charge in [-0.05, 0) is 40.8 Å². The minimum Gasteiger partial charge on any atom is -0.294 e. The summed E-state index contributed by atoms with van der Waals surface area (Å²) in [6, 6.07) is 4.65. The summed E-state index contributed by atoms with van der Waals surface area (Å²) >= 11 is 2.01. The van der Waals surface area contributed by atoms with Gasteiger partial charge >= 0.3 is 0 Å². The average molecular weight is 292 g/mol. The van der Waals surface area contributed by atoms with Crippen LogP contribution in [0, 0.1) is 15.3 Å². The molecule has 3 heteroatoms. The van der Waals surface area contributed by atoms with Crippen LogP contribution < -0.4 is 0 Å². The lowest BCUT2D eigenvalue weighted by atomic mass is 10.0. The molecule has 0 aliphatic heterocycles. The maximum atomic E-state index is 13.2. The highest BCUT2D eigenvalue weighted by molar-refractivity contribution is 14.1. The Morgan fingerprint density at radius 1 is 1.46 bits per heavy atom. The van der Waals surface area contributed by atoms with Crippen LogP contribution in [0.15, 0.2) is 18.2 Å². The highest BCUT2D eigenvalue weighted by Gasteiger charge is 2.14. The van der Waals surface area contributed by atoms with Crippen LogP contribution in [0.4, 0.5) is 4.39 Å². The Labute approximate surface area is 90.5 Å². The van der Waals surface area contributed by atoms with Crippen LogP contribution in [0.5, 0.6) is 0 Å². The molecule has 1 aromatic carbocycles. The van der Waals surface area contributed by atoms with Crippen LogP contribution in [0.25, 0.3) is 0 Å². The van der Waals surface area contributed by atoms with Crippen molar-refractivity contribution in [3.05, 3.63) is 33.1 Å². The van der Waals surface area contributed by atoms with E-state index in [1.165, 1.54) is 6.07 Å². The highest BCUT2D eigenvalue weighted by Crippen LogP contribution is 2.15. The predicted octanol–water partition coefficient (Wildman–Crippen LogP) is 3.27. The van der Waals surface area contributed by atoms with Gasteiger partial charge in [0.25, 0.3) is 0 Å². The van der Waals surface area contributed by atoms with E-state index in [2.05, 4.69) is 0 Å². The number of ketones is 1. The zero-order valence-electron chi connectivity index (χ0n) is 7.47. The molecule has 1 nitrogen and oxygen atoms in total. The summed E-state index contributed by atoms with van der Waals surface area (Å²) in [5, 5.41) is 0. The largest absolute Gasteiger partial charge is 0.294 e. The maximum Gasteiger partial charge on any atom is 0.168 e. The van der Waals surface area contributed by atoms with E-state index in [-0.39, 0.29) is 17.3 Å². The van der Waals surface area contributed by atoms with Crippen molar-refractivity contribution in [1.29, 1.82) is 0 Å². The molecule has 0 unspecified atom stereocenters. The van der Waals surface area contributed by atoms with Crippen LogP contribution in [-0.2, 0) is 0 Å². The summed E-state index contributed by atoms with van der Waals surface area (Å²) in [6.07, 6.45) is 0. The van der Waals surface area contributed by atoms with E-state index in [0.29, 0.717) is 0 Å².